The van der Waals surface area contributed by atoms with Gasteiger partial charge in [0.05, 0.1) is 10.4 Å². The van der Waals surface area contributed by atoms with E-state index in [1.807, 2.05) is 0 Å². The van der Waals surface area contributed by atoms with E-state index in [1.165, 1.54) is 0 Å². The number of hydrogen-bond acceptors (Lipinski definition) is 5. The van der Waals surface area contributed by atoms with Gasteiger partial charge in [-0.1, -0.05) is 12.8 Å². The fraction of sp³-hybridized carbons (Fsp3) is 0.600. The van der Waals surface area contributed by atoms with Gasteiger partial charge in [0.2, 0.25) is 0 Å². The summed E-state index contributed by atoms with van der Waals surface area (Å²) in [6.45, 7) is -0.0135. The molecule has 3 rings (SSSR count). The summed E-state index contributed by atoms with van der Waals surface area (Å²) in [5, 5.41) is 18.8. The first-order valence-electron chi connectivity index (χ1n) is 7.28. The Morgan fingerprint density at radius 2 is 2.14 bits per heavy atom. The van der Waals surface area contributed by atoms with Gasteiger partial charge in [0, 0.05) is 12.0 Å². The molecule has 5 nitrogen and oxygen atoms in total. The first kappa shape index (κ1) is 14.5. The smallest absolute Gasteiger partial charge is 0.338 e. The molecule has 114 valence electrons. The van der Waals surface area contributed by atoms with E-state index >= 15 is 0 Å². The Labute approximate surface area is 126 Å². The summed E-state index contributed by atoms with van der Waals surface area (Å²) in [6.07, 6.45) is 4.75. The third-order valence-electron chi connectivity index (χ3n) is 4.76. The molecule has 1 heterocycles. The molecule has 1 aromatic heterocycles. The normalized spacial score (nSPS) is 24.9. The second-order valence-corrected chi connectivity index (χ2v) is 7.24. The molecule has 0 amide bonds. The lowest BCUT2D eigenvalue weighted by Crippen LogP contribution is -2.37. The molecule has 0 saturated heterocycles. The van der Waals surface area contributed by atoms with Gasteiger partial charge in [0.15, 0.2) is 5.78 Å². The second-order valence-electron chi connectivity index (χ2n) is 6.18. The first-order chi connectivity index (χ1) is 9.98. The summed E-state index contributed by atoms with van der Waals surface area (Å²) in [7, 11) is 0. The molecule has 1 unspecified atom stereocenters. The van der Waals surface area contributed by atoms with Gasteiger partial charge < -0.3 is 15.9 Å². The van der Waals surface area contributed by atoms with Crippen LogP contribution in [0.25, 0.3) is 0 Å². The van der Waals surface area contributed by atoms with E-state index in [1.54, 1.807) is 0 Å². The summed E-state index contributed by atoms with van der Waals surface area (Å²) < 4.78 is 0. The number of carboxylic acid groups (broad SMARTS) is 1. The predicted molar refractivity (Wildman–Crippen MR) is 79.8 cm³/mol. The molecule has 21 heavy (non-hydrogen) atoms. The highest BCUT2D eigenvalue weighted by Crippen LogP contribution is 2.51. The van der Waals surface area contributed by atoms with Gasteiger partial charge in [-0.15, -0.1) is 11.3 Å². The number of aromatic carboxylic acids is 1. The molecule has 1 fully saturated rings. The summed E-state index contributed by atoms with van der Waals surface area (Å²) in [4.78, 5) is 24.7. The average molecular weight is 309 g/mol. The predicted octanol–water partition coefficient (Wildman–Crippen LogP) is 2.33. The second kappa shape index (κ2) is 5.10. The number of anilines is 1. The number of carbonyl (C=O) groups is 2. The van der Waals surface area contributed by atoms with Gasteiger partial charge in [0.25, 0.3) is 0 Å². The highest BCUT2D eigenvalue weighted by Gasteiger charge is 2.47. The maximum Gasteiger partial charge on any atom is 0.338 e. The summed E-state index contributed by atoms with van der Waals surface area (Å²) in [5.41, 5.74) is 5.98. The van der Waals surface area contributed by atoms with Gasteiger partial charge in [-0.05, 0) is 37.2 Å². The van der Waals surface area contributed by atoms with Crippen molar-refractivity contribution in [3.8, 4) is 0 Å². The number of carboxylic acids is 1. The van der Waals surface area contributed by atoms with E-state index in [0.717, 1.165) is 30.6 Å². The molecule has 1 atom stereocenters. The number of nitrogens with two attached hydrogens (primary N) is 1. The fourth-order valence-corrected chi connectivity index (χ4v) is 4.65. The van der Waals surface area contributed by atoms with Crippen LogP contribution >= 0.6 is 11.3 Å². The molecule has 0 bridgehead atoms. The lowest BCUT2D eigenvalue weighted by molar-refractivity contribution is 0.0656. The molecule has 0 aliphatic heterocycles. The zero-order valence-electron chi connectivity index (χ0n) is 11.7. The number of nitrogen functional groups attached to an aromatic ring is 1. The van der Waals surface area contributed by atoms with Gasteiger partial charge >= 0.3 is 5.97 Å². The van der Waals surface area contributed by atoms with Gasteiger partial charge in [0.1, 0.15) is 5.00 Å². The standard InChI is InChI=1S/C15H19NO4S/c16-13-10(14(19)20)9-3-4-15(5-6-17,7-8-1-2-8)12(18)11(9)21-13/h8,17H,1-7,16H2,(H,19,20). The zero-order valence-corrected chi connectivity index (χ0v) is 12.5. The van der Waals surface area contributed by atoms with Crippen molar-refractivity contribution in [3.05, 3.63) is 16.0 Å². The number of carbonyl (C=O) groups excluding carboxylic acids is 1. The van der Waals surface area contributed by atoms with Crippen LogP contribution in [0.1, 0.15) is 57.7 Å². The number of aliphatic hydroxyl groups excluding tert-OH is 1. The summed E-state index contributed by atoms with van der Waals surface area (Å²) in [5.74, 6) is -0.484. The molecular formula is C15H19NO4S. The van der Waals surface area contributed by atoms with Crippen molar-refractivity contribution in [1.29, 1.82) is 0 Å². The molecule has 1 aromatic rings. The minimum absolute atomic E-state index is 0.00565. The topological polar surface area (TPSA) is 101 Å². The van der Waals surface area contributed by atoms with E-state index in [-0.39, 0.29) is 23.0 Å². The average Bonchev–Trinajstić information content (AvgIpc) is 3.15. The van der Waals surface area contributed by atoms with Crippen molar-refractivity contribution in [2.75, 3.05) is 12.3 Å². The quantitative estimate of drug-likeness (QED) is 0.775. The third-order valence-corrected chi connectivity index (χ3v) is 5.82. The van der Waals surface area contributed by atoms with E-state index in [2.05, 4.69) is 0 Å². The van der Waals surface area contributed by atoms with Crippen LogP contribution in [-0.2, 0) is 6.42 Å². The number of Topliss-reactive ketones (excluding diaryl/α,β-unsaturated/α-hetero) is 1. The Morgan fingerprint density at radius 1 is 1.43 bits per heavy atom. The number of rotatable bonds is 5. The highest BCUT2D eigenvalue weighted by molar-refractivity contribution is 7.18. The Balaban J connectivity index is 2.00. The molecule has 2 aliphatic rings. The van der Waals surface area contributed by atoms with Crippen molar-refractivity contribution < 1.29 is 19.8 Å². The van der Waals surface area contributed by atoms with Crippen LogP contribution in [0.15, 0.2) is 0 Å². The molecule has 2 aliphatic carbocycles. The monoisotopic (exact) mass is 309 g/mol. The number of hydrogen-bond donors (Lipinski definition) is 3. The fourth-order valence-electron chi connectivity index (χ4n) is 3.48. The minimum Gasteiger partial charge on any atom is -0.478 e. The van der Waals surface area contributed by atoms with Crippen LogP contribution in [0.4, 0.5) is 5.00 Å². The SMILES string of the molecule is Nc1sc2c(c1C(=O)O)CCC(CCO)(CC1CC1)C2=O. The maximum atomic E-state index is 12.9. The van der Waals surface area contributed by atoms with Crippen LogP contribution in [0, 0.1) is 11.3 Å². The molecule has 0 spiro atoms. The lowest BCUT2D eigenvalue weighted by Gasteiger charge is -2.35. The molecule has 4 N–H and O–H groups in total. The number of fused-ring (bicyclic) bond motifs is 1. The summed E-state index contributed by atoms with van der Waals surface area (Å²) >= 11 is 1.09. The van der Waals surface area contributed by atoms with Crippen LogP contribution < -0.4 is 5.73 Å². The molecule has 0 aromatic carbocycles. The minimum atomic E-state index is -1.06. The lowest BCUT2D eigenvalue weighted by atomic mass is 9.67. The van der Waals surface area contributed by atoms with E-state index in [4.69, 9.17) is 5.73 Å². The van der Waals surface area contributed by atoms with Crippen molar-refractivity contribution in [1.82, 2.24) is 0 Å². The Hall–Kier alpha value is -1.40. The Kier molecular flexibility index (Phi) is 3.53. The first-order valence-corrected chi connectivity index (χ1v) is 8.10. The van der Waals surface area contributed by atoms with Gasteiger partial charge in [-0.25, -0.2) is 4.79 Å². The van der Waals surface area contributed by atoms with E-state index in [0.29, 0.717) is 35.6 Å². The summed E-state index contributed by atoms with van der Waals surface area (Å²) in [6, 6.07) is 0. The van der Waals surface area contributed by atoms with Crippen LogP contribution in [0.3, 0.4) is 0 Å². The van der Waals surface area contributed by atoms with Crippen LogP contribution in [0.5, 0.6) is 0 Å². The molecule has 0 radical (unpaired) electrons. The molecule has 6 heteroatoms. The number of ketones is 1. The van der Waals surface area contributed by atoms with Crippen molar-refractivity contribution in [2.45, 2.75) is 38.5 Å². The maximum absolute atomic E-state index is 12.9. The number of thiophene rings is 1. The number of aliphatic hydroxyl groups is 1. The third kappa shape index (κ3) is 2.36. The zero-order chi connectivity index (χ0) is 15.2. The molecule has 1 saturated carbocycles. The van der Waals surface area contributed by atoms with Crippen LogP contribution in [0.2, 0.25) is 0 Å². The Bertz CT molecular complexity index is 605. The van der Waals surface area contributed by atoms with E-state index < -0.39 is 11.4 Å². The van der Waals surface area contributed by atoms with Crippen molar-refractivity contribution in [3.63, 3.8) is 0 Å². The Morgan fingerprint density at radius 3 is 2.71 bits per heavy atom. The van der Waals surface area contributed by atoms with Gasteiger partial charge in [-0.2, -0.15) is 0 Å². The van der Waals surface area contributed by atoms with Crippen molar-refractivity contribution in [2.24, 2.45) is 11.3 Å². The van der Waals surface area contributed by atoms with E-state index in [9.17, 15) is 19.8 Å². The van der Waals surface area contributed by atoms with Gasteiger partial charge in [-0.3, -0.25) is 4.79 Å². The van der Waals surface area contributed by atoms with Crippen LogP contribution in [-0.4, -0.2) is 28.6 Å². The highest BCUT2D eigenvalue weighted by atomic mass is 32.1. The van der Waals surface area contributed by atoms with Crippen molar-refractivity contribution >= 4 is 28.1 Å². The molecular weight excluding hydrogens is 290 g/mol. The largest absolute Gasteiger partial charge is 0.478 e.